The Morgan fingerprint density at radius 1 is 1.16 bits per heavy atom. The van der Waals surface area contributed by atoms with E-state index >= 15 is 0 Å². The summed E-state index contributed by atoms with van der Waals surface area (Å²) in [6.45, 7) is 1.34. The van der Waals surface area contributed by atoms with Crippen molar-refractivity contribution in [2.45, 2.75) is 57.1 Å². The van der Waals surface area contributed by atoms with Gasteiger partial charge < -0.3 is 19.9 Å². The molecule has 25 heavy (non-hydrogen) atoms. The molecule has 1 N–H and O–H groups in total. The minimum Gasteiger partial charge on any atom is -0.471 e. The number of hydrogen-bond donors (Lipinski definition) is 1. The first-order valence-electron chi connectivity index (χ1n) is 9.35. The van der Waals surface area contributed by atoms with Crippen molar-refractivity contribution in [3.63, 3.8) is 0 Å². The number of anilines is 1. The van der Waals surface area contributed by atoms with Crippen molar-refractivity contribution in [1.29, 1.82) is 0 Å². The maximum Gasteiger partial charge on any atom is 0.317 e. The molecule has 0 radical (unpaired) electrons. The highest BCUT2D eigenvalue weighted by Gasteiger charge is 2.29. The Kier molecular flexibility index (Phi) is 5.94. The predicted molar refractivity (Wildman–Crippen MR) is 97.0 cm³/mol. The zero-order valence-electron chi connectivity index (χ0n) is 15.3. The van der Waals surface area contributed by atoms with Crippen LogP contribution in [-0.4, -0.2) is 60.5 Å². The lowest BCUT2D eigenvalue weighted by molar-refractivity contribution is 0.179. The number of aromatic nitrogens is 2. The number of urea groups is 1. The molecule has 1 aliphatic heterocycles. The van der Waals surface area contributed by atoms with E-state index in [-0.39, 0.29) is 12.1 Å². The van der Waals surface area contributed by atoms with E-state index in [1.54, 1.807) is 0 Å². The normalized spacial score (nSPS) is 21.7. The number of nitrogens with one attached hydrogen (secondary N) is 1. The van der Waals surface area contributed by atoms with Gasteiger partial charge in [-0.25, -0.2) is 4.79 Å². The Morgan fingerprint density at radius 2 is 1.92 bits per heavy atom. The zero-order chi connectivity index (χ0) is 17.6. The van der Waals surface area contributed by atoms with Crippen LogP contribution in [0.2, 0.25) is 0 Å². The summed E-state index contributed by atoms with van der Waals surface area (Å²) in [4.78, 5) is 16.2. The highest BCUT2D eigenvalue weighted by atomic mass is 16.5. The number of ether oxygens (including phenoxy) is 1. The zero-order valence-corrected chi connectivity index (χ0v) is 15.3. The quantitative estimate of drug-likeness (QED) is 0.847. The van der Waals surface area contributed by atoms with Crippen molar-refractivity contribution in [3.05, 3.63) is 12.1 Å². The third-order valence-corrected chi connectivity index (χ3v) is 4.99. The molecule has 3 rings (SSSR count). The Balaban J connectivity index is 1.46. The van der Waals surface area contributed by atoms with Gasteiger partial charge >= 0.3 is 6.03 Å². The first-order valence-corrected chi connectivity index (χ1v) is 9.35. The molecule has 2 amide bonds. The lowest BCUT2D eigenvalue weighted by atomic mass is 10.1. The van der Waals surface area contributed by atoms with Crippen molar-refractivity contribution >= 4 is 11.8 Å². The minimum atomic E-state index is -0.0145. The van der Waals surface area contributed by atoms with Crippen molar-refractivity contribution in [2.24, 2.45) is 0 Å². The van der Waals surface area contributed by atoms with Gasteiger partial charge in [0.05, 0.1) is 6.54 Å². The van der Waals surface area contributed by atoms with Gasteiger partial charge in [-0.15, -0.1) is 10.2 Å². The van der Waals surface area contributed by atoms with E-state index in [1.165, 1.54) is 25.7 Å². The Hall–Kier alpha value is -2.05. The van der Waals surface area contributed by atoms with Crippen LogP contribution in [0.3, 0.4) is 0 Å². The lowest BCUT2D eigenvalue weighted by Gasteiger charge is -2.22. The molecule has 0 aromatic carbocycles. The van der Waals surface area contributed by atoms with E-state index in [0.717, 1.165) is 31.6 Å². The van der Waals surface area contributed by atoms with Gasteiger partial charge in [-0.2, -0.15) is 0 Å². The fourth-order valence-corrected chi connectivity index (χ4v) is 3.48. The van der Waals surface area contributed by atoms with Crippen LogP contribution in [0, 0.1) is 0 Å². The van der Waals surface area contributed by atoms with Crippen LogP contribution in [0.4, 0.5) is 10.6 Å². The van der Waals surface area contributed by atoms with E-state index in [4.69, 9.17) is 4.74 Å². The lowest BCUT2D eigenvalue weighted by Crippen LogP contribution is -2.44. The van der Waals surface area contributed by atoms with Gasteiger partial charge in [0.2, 0.25) is 5.88 Å². The molecule has 2 heterocycles. The van der Waals surface area contributed by atoms with Crippen LogP contribution in [0.1, 0.15) is 44.9 Å². The maximum atomic E-state index is 12.5. The highest BCUT2D eigenvalue weighted by molar-refractivity contribution is 5.74. The summed E-state index contributed by atoms with van der Waals surface area (Å²) < 4.78 is 5.89. The molecule has 1 unspecified atom stereocenters. The molecule has 0 bridgehead atoms. The van der Waals surface area contributed by atoms with Gasteiger partial charge in [-0.1, -0.05) is 25.7 Å². The number of amides is 2. The van der Waals surface area contributed by atoms with E-state index in [1.807, 2.05) is 36.0 Å². The molecule has 2 aliphatic rings. The molecule has 1 aliphatic carbocycles. The van der Waals surface area contributed by atoms with Gasteiger partial charge in [0.25, 0.3) is 0 Å². The second-order valence-electron chi connectivity index (χ2n) is 7.24. The number of nitrogens with zero attached hydrogens (tertiary/aromatic N) is 4. The van der Waals surface area contributed by atoms with E-state index in [0.29, 0.717) is 18.5 Å². The van der Waals surface area contributed by atoms with Gasteiger partial charge in [-0.3, -0.25) is 0 Å². The molecule has 2 fully saturated rings. The molecular weight excluding hydrogens is 318 g/mol. The van der Waals surface area contributed by atoms with Crippen LogP contribution in [0.5, 0.6) is 5.88 Å². The van der Waals surface area contributed by atoms with Gasteiger partial charge in [0, 0.05) is 39.2 Å². The molecular formula is C18H29N5O2. The summed E-state index contributed by atoms with van der Waals surface area (Å²) in [6.07, 6.45) is 8.05. The number of hydrogen-bond acceptors (Lipinski definition) is 5. The smallest absolute Gasteiger partial charge is 0.317 e. The third kappa shape index (κ3) is 4.96. The Morgan fingerprint density at radius 3 is 2.56 bits per heavy atom. The number of likely N-dealkylation sites (tertiary alicyclic amines) is 1. The highest BCUT2D eigenvalue weighted by Crippen LogP contribution is 2.20. The second kappa shape index (κ2) is 8.36. The van der Waals surface area contributed by atoms with Crippen LogP contribution >= 0.6 is 0 Å². The fourth-order valence-electron chi connectivity index (χ4n) is 3.48. The minimum absolute atomic E-state index is 0.0145. The Bertz CT molecular complexity index is 555. The average Bonchev–Trinajstić information content (AvgIpc) is 2.91. The van der Waals surface area contributed by atoms with Crippen LogP contribution in [-0.2, 0) is 0 Å². The van der Waals surface area contributed by atoms with Crippen molar-refractivity contribution in [3.8, 4) is 5.88 Å². The van der Waals surface area contributed by atoms with E-state index in [9.17, 15) is 4.79 Å². The summed E-state index contributed by atoms with van der Waals surface area (Å²) in [5, 5.41) is 11.4. The van der Waals surface area contributed by atoms with Crippen molar-refractivity contribution < 1.29 is 9.53 Å². The molecule has 138 valence electrons. The second-order valence-corrected chi connectivity index (χ2v) is 7.24. The van der Waals surface area contributed by atoms with Gasteiger partial charge in [-0.05, 0) is 18.9 Å². The van der Waals surface area contributed by atoms with Crippen LogP contribution < -0.4 is 15.0 Å². The summed E-state index contributed by atoms with van der Waals surface area (Å²) >= 11 is 0. The standard InChI is InChI=1S/C18H29N5O2/c1-22(2)16-9-10-17(21-20-16)25-15-11-12-23(13-15)18(24)19-14-7-5-3-4-6-8-14/h9-10,14-15H,3-8,11-13H2,1-2H3,(H,19,24). The maximum absolute atomic E-state index is 12.5. The molecule has 1 saturated heterocycles. The topological polar surface area (TPSA) is 70.6 Å². The number of carbonyl (C=O) groups is 1. The number of carbonyl (C=O) groups excluding carboxylic acids is 1. The monoisotopic (exact) mass is 347 g/mol. The summed E-state index contributed by atoms with van der Waals surface area (Å²) in [6, 6.07) is 4.09. The van der Waals surface area contributed by atoms with Crippen LogP contribution in [0.25, 0.3) is 0 Å². The summed E-state index contributed by atoms with van der Waals surface area (Å²) in [5.74, 6) is 1.31. The number of rotatable bonds is 4. The molecule has 1 atom stereocenters. The Labute approximate surface area is 149 Å². The molecule has 1 aromatic heterocycles. The molecule has 7 nitrogen and oxygen atoms in total. The van der Waals surface area contributed by atoms with E-state index in [2.05, 4.69) is 15.5 Å². The average molecular weight is 347 g/mol. The summed E-state index contributed by atoms with van der Waals surface area (Å²) in [7, 11) is 3.85. The third-order valence-electron chi connectivity index (χ3n) is 4.99. The van der Waals surface area contributed by atoms with Gasteiger partial charge in [0.15, 0.2) is 5.82 Å². The fraction of sp³-hybridized carbons (Fsp3) is 0.722. The first-order chi connectivity index (χ1) is 12.1. The molecule has 0 spiro atoms. The SMILES string of the molecule is CN(C)c1ccc(OC2CCN(C(=O)NC3CCCCCC3)C2)nn1. The van der Waals surface area contributed by atoms with Gasteiger partial charge in [0.1, 0.15) is 6.10 Å². The molecule has 1 aromatic rings. The largest absolute Gasteiger partial charge is 0.471 e. The van der Waals surface area contributed by atoms with Crippen LogP contribution in [0.15, 0.2) is 12.1 Å². The van der Waals surface area contributed by atoms with Crippen molar-refractivity contribution in [2.75, 3.05) is 32.1 Å². The molecule has 7 heteroatoms. The summed E-state index contributed by atoms with van der Waals surface area (Å²) in [5.41, 5.74) is 0. The molecule has 1 saturated carbocycles. The van der Waals surface area contributed by atoms with E-state index < -0.39 is 0 Å². The first kappa shape index (κ1) is 17.8. The van der Waals surface area contributed by atoms with Crippen molar-refractivity contribution in [1.82, 2.24) is 20.4 Å². The predicted octanol–water partition coefficient (Wildman–Crippen LogP) is 2.43.